The molecule has 4 saturated heterocycles. The van der Waals surface area contributed by atoms with Crippen LogP contribution in [0.15, 0.2) is 52.3 Å². The normalized spacial score (nSPS) is 23.6. The molecule has 12 heteroatoms. The summed E-state index contributed by atoms with van der Waals surface area (Å²) in [6, 6.07) is 8.98. The first kappa shape index (κ1) is 28.8. The number of morpholine rings is 1. The number of ether oxygens (including phenoxy) is 1. The summed E-state index contributed by atoms with van der Waals surface area (Å²) in [5.41, 5.74) is -3.57. The van der Waals surface area contributed by atoms with E-state index in [1.807, 2.05) is 6.07 Å². The Morgan fingerprint density at radius 2 is 1.65 bits per heavy atom. The molecule has 1 N–H and O–H groups in total. The van der Waals surface area contributed by atoms with E-state index < -0.39 is 39.8 Å². The van der Waals surface area contributed by atoms with Gasteiger partial charge in [0.1, 0.15) is 0 Å². The van der Waals surface area contributed by atoms with E-state index in [1.165, 1.54) is 4.90 Å². The van der Waals surface area contributed by atoms with Gasteiger partial charge in [-0.05, 0) is 67.8 Å². The molecule has 0 saturated carbocycles. The van der Waals surface area contributed by atoms with Gasteiger partial charge >= 0.3 is 12.4 Å². The topological polar surface area (TPSA) is 44.8 Å². The SMILES string of the molecule is O=C(/C=C/c1ccc(Sc2cccc(NC3CN4CCC3CC4)c2)c(C(F)(F)F)c1C(F)(F)F)N1CCOCC1. The number of alkyl halides is 6. The molecule has 0 aliphatic carbocycles. The molecule has 5 nitrogen and oxygen atoms in total. The van der Waals surface area contributed by atoms with Crippen LogP contribution in [0, 0.1) is 5.92 Å². The minimum Gasteiger partial charge on any atom is -0.381 e. The summed E-state index contributed by atoms with van der Waals surface area (Å²) in [4.78, 5) is 16.0. The quantitative estimate of drug-likeness (QED) is 0.321. The largest absolute Gasteiger partial charge is 0.418 e. The van der Waals surface area contributed by atoms with E-state index in [2.05, 4.69) is 10.2 Å². The van der Waals surface area contributed by atoms with Crippen LogP contribution >= 0.6 is 11.8 Å². The van der Waals surface area contributed by atoms with Crippen molar-refractivity contribution in [1.29, 1.82) is 0 Å². The first-order valence-corrected chi connectivity index (χ1v) is 13.9. The molecule has 0 radical (unpaired) electrons. The summed E-state index contributed by atoms with van der Waals surface area (Å²) in [6.45, 7) is 4.10. The monoisotopic (exact) mass is 585 g/mol. The first-order valence-electron chi connectivity index (χ1n) is 13.1. The summed E-state index contributed by atoms with van der Waals surface area (Å²) in [6.07, 6.45) is -6.73. The molecule has 4 fully saturated rings. The minimum atomic E-state index is -5.30. The van der Waals surface area contributed by atoms with Crippen molar-refractivity contribution in [3.8, 4) is 0 Å². The number of nitrogens with zero attached hydrogens (tertiary/aromatic N) is 2. The van der Waals surface area contributed by atoms with Gasteiger partial charge in [0.05, 0.1) is 24.3 Å². The van der Waals surface area contributed by atoms with Gasteiger partial charge in [0.25, 0.3) is 0 Å². The van der Waals surface area contributed by atoms with Gasteiger partial charge < -0.3 is 19.9 Å². The number of hydrogen-bond acceptors (Lipinski definition) is 5. The zero-order chi connectivity index (χ0) is 28.5. The van der Waals surface area contributed by atoms with Crippen molar-refractivity contribution >= 4 is 29.4 Å². The van der Waals surface area contributed by atoms with E-state index in [-0.39, 0.29) is 32.3 Å². The summed E-state index contributed by atoms with van der Waals surface area (Å²) < 4.78 is 90.4. The van der Waals surface area contributed by atoms with Crippen LogP contribution in [0.3, 0.4) is 0 Å². The molecule has 4 aliphatic rings. The lowest BCUT2D eigenvalue weighted by Crippen LogP contribution is -2.53. The second-order valence-electron chi connectivity index (χ2n) is 10.2. The van der Waals surface area contributed by atoms with Crippen molar-refractivity contribution in [3.63, 3.8) is 0 Å². The highest BCUT2D eigenvalue weighted by molar-refractivity contribution is 7.99. The molecule has 1 unspecified atom stereocenters. The maximum atomic E-state index is 14.2. The number of rotatable bonds is 6. The fourth-order valence-corrected chi connectivity index (χ4v) is 6.62. The number of amides is 1. The van der Waals surface area contributed by atoms with Crippen LogP contribution in [0.2, 0.25) is 0 Å². The fraction of sp³-hybridized carbons (Fsp3) is 0.464. The van der Waals surface area contributed by atoms with E-state index in [4.69, 9.17) is 4.74 Å². The van der Waals surface area contributed by atoms with Gasteiger partial charge in [-0.2, -0.15) is 26.3 Å². The summed E-state index contributed by atoms with van der Waals surface area (Å²) in [5.74, 6) is -0.0704. The van der Waals surface area contributed by atoms with E-state index in [9.17, 15) is 31.1 Å². The van der Waals surface area contributed by atoms with Crippen molar-refractivity contribution in [2.45, 2.75) is 41.0 Å². The third-order valence-corrected chi connectivity index (χ3v) is 8.61. The molecule has 2 aromatic rings. The highest BCUT2D eigenvalue weighted by atomic mass is 32.2. The van der Waals surface area contributed by atoms with Crippen LogP contribution < -0.4 is 5.32 Å². The highest BCUT2D eigenvalue weighted by Crippen LogP contribution is 2.48. The number of benzene rings is 2. The number of carbonyl (C=O) groups is 1. The van der Waals surface area contributed by atoms with Gasteiger partial charge in [0, 0.05) is 47.2 Å². The number of carbonyl (C=O) groups excluding carboxylic acids is 1. The van der Waals surface area contributed by atoms with Crippen LogP contribution in [-0.4, -0.2) is 67.7 Å². The number of fused-ring (bicyclic) bond motifs is 3. The zero-order valence-electron chi connectivity index (χ0n) is 21.5. The Morgan fingerprint density at radius 3 is 2.27 bits per heavy atom. The van der Waals surface area contributed by atoms with Gasteiger partial charge in [0.2, 0.25) is 5.91 Å². The molecule has 1 amide bonds. The van der Waals surface area contributed by atoms with E-state index in [1.54, 1.807) is 18.2 Å². The third-order valence-electron chi connectivity index (χ3n) is 7.56. The van der Waals surface area contributed by atoms with E-state index in [0.717, 1.165) is 62.4 Å². The van der Waals surface area contributed by atoms with Gasteiger partial charge in [0.15, 0.2) is 0 Å². The Morgan fingerprint density at radius 1 is 0.950 bits per heavy atom. The van der Waals surface area contributed by atoms with Crippen LogP contribution in [0.5, 0.6) is 0 Å². The average Bonchev–Trinajstić information content (AvgIpc) is 2.92. The molecule has 2 aromatic carbocycles. The van der Waals surface area contributed by atoms with Gasteiger partial charge in [-0.25, -0.2) is 0 Å². The van der Waals surface area contributed by atoms with Crippen molar-refractivity contribution in [3.05, 3.63) is 59.2 Å². The minimum absolute atomic E-state index is 0.219. The van der Waals surface area contributed by atoms with Crippen molar-refractivity contribution in [1.82, 2.24) is 9.80 Å². The predicted molar refractivity (Wildman–Crippen MR) is 140 cm³/mol. The Hall–Kier alpha value is -2.70. The Kier molecular flexibility index (Phi) is 8.40. The number of anilines is 1. The molecule has 4 aliphatic heterocycles. The molecule has 2 bridgehead atoms. The molecule has 4 heterocycles. The van der Waals surface area contributed by atoms with Gasteiger partial charge in [-0.1, -0.05) is 23.9 Å². The predicted octanol–water partition coefficient (Wildman–Crippen LogP) is 6.25. The van der Waals surface area contributed by atoms with E-state index in [0.29, 0.717) is 22.6 Å². The van der Waals surface area contributed by atoms with E-state index >= 15 is 0 Å². The molecule has 1 atom stereocenters. The second kappa shape index (κ2) is 11.7. The summed E-state index contributed by atoms with van der Waals surface area (Å²) in [7, 11) is 0. The Balaban J connectivity index is 1.43. The Labute approximate surface area is 232 Å². The number of piperidine rings is 3. The third kappa shape index (κ3) is 6.60. The highest BCUT2D eigenvalue weighted by Gasteiger charge is 2.46. The standard InChI is InChI=1S/C28H29F6N3O2S/c29-27(30,31)25-19(5-7-24(38)37-12-14-39-15-13-37)4-6-23(26(25)28(32,33)34)40-21-3-1-2-20(16-21)35-22-17-36-10-8-18(22)9-11-36/h1-7,16,18,22,35H,8-15,17H2/b7-5+. The van der Waals surface area contributed by atoms with Crippen LogP contribution in [-0.2, 0) is 21.9 Å². The van der Waals surface area contributed by atoms with Crippen LogP contribution in [0.1, 0.15) is 29.5 Å². The number of halogens is 6. The van der Waals surface area contributed by atoms with Crippen LogP contribution in [0.25, 0.3) is 6.08 Å². The van der Waals surface area contributed by atoms with Crippen LogP contribution in [0.4, 0.5) is 32.0 Å². The molecule has 0 aromatic heterocycles. The number of nitrogens with one attached hydrogen (secondary N) is 1. The summed E-state index contributed by atoms with van der Waals surface area (Å²) in [5, 5.41) is 3.47. The molecular formula is C28H29F6N3O2S. The molecule has 0 spiro atoms. The maximum absolute atomic E-state index is 14.2. The fourth-order valence-electron chi connectivity index (χ4n) is 5.58. The first-order chi connectivity index (χ1) is 19.0. The molecular weight excluding hydrogens is 556 g/mol. The number of hydrogen-bond donors (Lipinski definition) is 1. The molecule has 216 valence electrons. The van der Waals surface area contributed by atoms with Gasteiger partial charge in [-0.3, -0.25) is 4.79 Å². The smallest absolute Gasteiger partial charge is 0.381 e. The molecule has 6 rings (SSSR count). The van der Waals surface area contributed by atoms with Gasteiger partial charge in [-0.15, -0.1) is 0 Å². The molecule has 40 heavy (non-hydrogen) atoms. The van der Waals surface area contributed by atoms with Crippen molar-refractivity contribution in [2.75, 3.05) is 51.3 Å². The van der Waals surface area contributed by atoms with Crippen molar-refractivity contribution in [2.24, 2.45) is 5.92 Å². The van der Waals surface area contributed by atoms with Crippen molar-refractivity contribution < 1.29 is 35.9 Å². The lowest BCUT2D eigenvalue weighted by Gasteiger charge is -2.45. The lowest BCUT2D eigenvalue weighted by molar-refractivity contribution is -0.163. The average molecular weight is 586 g/mol. The zero-order valence-corrected chi connectivity index (χ0v) is 22.3. The lowest BCUT2D eigenvalue weighted by atomic mass is 9.84. The second-order valence-corrected chi connectivity index (χ2v) is 11.3. The Bertz CT molecular complexity index is 1250. The summed E-state index contributed by atoms with van der Waals surface area (Å²) >= 11 is 0.635. The maximum Gasteiger partial charge on any atom is 0.418 e.